The van der Waals surface area contributed by atoms with Crippen LogP contribution in [0.3, 0.4) is 0 Å². The van der Waals surface area contributed by atoms with Crippen molar-refractivity contribution in [3.8, 4) is 17.1 Å². The molecule has 4 rings (SSSR count). The van der Waals surface area contributed by atoms with Crippen molar-refractivity contribution in [2.45, 2.75) is 12.1 Å². The van der Waals surface area contributed by atoms with Crippen molar-refractivity contribution in [3.63, 3.8) is 0 Å². The Labute approximate surface area is 210 Å². The molecular weight excluding hydrogens is 488 g/mol. The second-order valence-corrected chi connectivity index (χ2v) is 8.69. The second-order valence-electron chi connectivity index (χ2n) is 7.31. The number of benzene rings is 3. The minimum absolute atomic E-state index is 0.0116. The number of carbonyl (C=O) groups excluding carboxylic acids is 1. The van der Waals surface area contributed by atoms with Gasteiger partial charge in [0.15, 0.2) is 11.0 Å². The van der Waals surface area contributed by atoms with Crippen molar-refractivity contribution in [2.24, 2.45) is 5.10 Å². The number of nitrogens with zero attached hydrogens (tertiary/aromatic N) is 5. The molecule has 0 spiro atoms. The fourth-order valence-electron chi connectivity index (χ4n) is 3.16. The third-order valence-electron chi connectivity index (χ3n) is 4.93. The van der Waals surface area contributed by atoms with E-state index in [4.69, 9.17) is 11.6 Å². The number of aromatic nitrogens is 3. The number of nitro groups is 1. The number of nitro benzene ring substituents is 1. The molecule has 9 nitrogen and oxygen atoms in total. The molecule has 1 amide bonds. The normalized spacial score (nSPS) is 11.3. The highest BCUT2D eigenvalue weighted by molar-refractivity contribution is 7.99. The van der Waals surface area contributed by atoms with Crippen LogP contribution >= 0.6 is 23.4 Å². The topological polar surface area (TPSA) is 115 Å². The fraction of sp³-hybridized carbons (Fsp3) is 0.0833. The summed E-state index contributed by atoms with van der Waals surface area (Å²) in [5, 5.41) is 24.7. The second kappa shape index (κ2) is 10.9. The summed E-state index contributed by atoms with van der Waals surface area (Å²) in [6, 6.07) is 22.9. The minimum atomic E-state index is -0.470. The molecule has 0 aliphatic carbocycles. The van der Waals surface area contributed by atoms with Gasteiger partial charge in [-0.25, -0.2) is 5.43 Å². The Hall–Kier alpha value is -4.02. The fourth-order valence-corrected chi connectivity index (χ4v) is 4.03. The Kier molecular flexibility index (Phi) is 7.54. The molecule has 0 aliphatic heterocycles. The van der Waals surface area contributed by atoms with Crippen LogP contribution in [-0.2, 0) is 4.79 Å². The third-order valence-corrected chi connectivity index (χ3v) is 6.11. The highest BCUT2D eigenvalue weighted by Gasteiger charge is 2.17. The van der Waals surface area contributed by atoms with E-state index in [1.807, 2.05) is 47.0 Å². The molecule has 11 heteroatoms. The van der Waals surface area contributed by atoms with Gasteiger partial charge in [-0.3, -0.25) is 19.5 Å². The number of thioether (sulfide) groups is 1. The SMILES string of the molecule is C/C(=N\NC(=O)CSc1nnc(-c2ccc(Cl)cc2)n1-c1ccccc1)c1ccc([N+](=O)[O-])cc1. The summed E-state index contributed by atoms with van der Waals surface area (Å²) in [7, 11) is 0. The molecule has 35 heavy (non-hydrogen) atoms. The summed E-state index contributed by atoms with van der Waals surface area (Å²) in [6.07, 6.45) is 0. The standard InChI is InChI=1S/C24H19ClN6O3S/c1-16(17-9-13-21(14-10-17)31(33)34)26-27-22(32)15-35-24-29-28-23(18-7-11-19(25)12-8-18)30(24)20-5-3-2-4-6-20/h2-14H,15H2,1H3,(H,27,32)/b26-16+. The number of hydrogen-bond acceptors (Lipinski definition) is 7. The predicted octanol–water partition coefficient (Wildman–Crippen LogP) is 5.13. The van der Waals surface area contributed by atoms with E-state index in [9.17, 15) is 14.9 Å². The van der Waals surface area contributed by atoms with Crippen molar-refractivity contribution in [1.29, 1.82) is 0 Å². The minimum Gasteiger partial charge on any atom is -0.272 e. The maximum Gasteiger partial charge on any atom is 0.269 e. The van der Waals surface area contributed by atoms with Gasteiger partial charge in [0.25, 0.3) is 11.6 Å². The summed E-state index contributed by atoms with van der Waals surface area (Å²) in [5.74, 6) is 0.359. The highest BCUT2D eigenvalue weighted by Crippen LogP contribution is 2.28. The summed E-state index contributed by atoms with van der Waals surface area (Å²) in [5.41, 5.74) is 5.39. The molecule has 0 bridgehead atoms. The van der Waals surface area contributed by atoms with Crippen LogP contribution in [-0.4, -0.2) is 37.1 Å². The van der Waals surface area contributed by atoms with Gasteiger partial charge in [0.05, 0.1) is 16.4 Å². The smallest absolute Gasteiger partial charge is 0.269 e. The largest absolute Gasteiger partial charge is 0.272 e. The van der Waals surface area contributed by atoms with E-state index in [0.29, 0.717) is 27.3 Å². The summed E-state index contributed by atoms with van der Waals surface area (Å²) in [4.78, 5) is 22.8. The number of rotatable bonds is 8. The molecule has 176 valence electrons. The van der Waals surface area contributed by atoms with Crippen LogP contribution in [0.5, 0.6) is 0 Å². The summed E-state index contributed by atoms with van der Waals surface area (Å²) >= 11 is 7.26. The number of para-hydroxylation sites is 1. The third kappa shape index (κ3) is 5.92. The average molecular weight is 507 g/mol. The molecule has 4 aromatic rings. The van der Waals surface area contributed by atoms with Gasteiger partial charge in [-0.15, -0.1) is 10.2 Å². The first-order chi connectivity index (χ1) is 16.9. The lowest BCUT2D eigenvalue weighted by molar-refractivity contribution is -0.384. The van der Waals surface area contributed by atoms with E-state index in [0.717, 1.165) is 11.3 Å². The zero-order valence-corrected chi connectivity index (χ0v) is 20.0. The molecule has 0 atom stereocenters. The highest BCUT2D eigenvalue weighted by atomic mass is 35.5. The van der Waals surface area contributed by atoms with Gasteiger partial charge in [-0.05, 0) is 61.0 Å². The van der Waals surface area contributed by atoms with Crippen LogP contribution in [0.1, 0.15) is 12.5 Å². The van der Waals surface area contributed by atoms with Crippen LogP contribution in [0.2, 0.25) is 5.02 Å². The molecule has 1 N–H and O–H groups in total. The number of hydrogen-bond donors (Lipinski definition) is 1. The lowest BCUT2D eigenvalue weighted by atomic mass is 10.1. The Morgan fingerprint density at radius 2 is 1.74 bits per heavy atom. The monoisotopic (exact) mass is 506 g/mol. The van der Waals surface area contributed by atoms with Crippen LogP contribution in [0.4, 0.5) is 5.69 Å². The van der Waals surface area contributed by atoms with Gasteiger partial charge in [-0.2, -0.15) is 5.10 Å². The van der Waals surface area contributed by atoms with E-state index in [1.54, 1.807) is 31.2 Å². The zero-order chi connectivity index (χ0) is 24.8. The van der Waals surface area contributed by atoms with E-state index in [-0.39, 0.29) is 17.3 Å². The van der Waals surface area contributed by atoms with Crippen molar-refractivity contribution in [3.05, 3.63) is 99.6 Å². The number of halogens is 1. The van der Waals surface area contributed by atoms with E-state index >= 15 is 0 Å². The number of nitrogens with one attached hydrogen (secondary N) is 1. The van der Waals surface area contributed by atoms with Gasteiger partial charge in [-0.1, -0.05) is 41.6 Å². The van der Waals surface area contributed by atoms with E-state index in [2.05, 4.69) is 20.7 Å². The van der Waals surface area contributed by atoms with Crippen molar-refractivity contribution in [2.75, 3.05) is 5.75 Å². The molecular formula is C24H19ClN6O3S. The van der Waals surface area contributed by atoms with Gasteiger partial charge >= 0.3 is 0 Å². The van der Waals surface area contributed by atoms with E-state index in [1.165, 1.54) is 23.9 Å². The molecule has 0 saturated carbocycles. The maximum atomic E-state index is 12.5. The average Bonchev–Trinajstić information content (AvgIpc) is 3.31. The van der Waals surface area contributed by atoms with Crippen molar-refractivity contribution in [1.82, 2.24) is 20.2 Å². The maximum absolute atomic E-state index is 12.5. The van der Waals surface area contributed by atoms with Crippen LogP contribution < -0.4 is 5.43 Å². The first-order valence-electron chi connectivity index (χ1n) is 10.4. The first-order valence-corrected chi connectivity index (χ1v) is 11.8. The molecule has 0 radical (unpaired) electrons. The number of carbonyl (C=O) groups is 1. The van der Waals surface area contributed by atoms with Crippen molar-refractivity contribution >= 4 is 40.7 Å². The first kappa shape index (κ1) is 24.1. The number of hydrazone groups is 1. The van der Waals surface area contributed by atoms with Gasteiger partial charge in [0, 0.05) is 28.4 Å². The van der Waals surface area contributed by atoms with Gasteiger partial charge in [0.1, 0.15) is 0 Å². The molecule has 0 saturated heterocycles. The number of non-ortho nitro benzene ring substituents is 1. The van der Waals surface area contributed by atoms with Gasteiger partial charge < -0.3 is 0 Å². The van der Waals surface area contributed by atoms with Crippen LogP contribution in [0.25, 0.3) is 17.1 Å². The molecule has 0 aliphatic rings. The Morgan fingerprint density at radius 1 is 1.06 bits per heavy atom. The molecule has 0 unspecified atom stereocenters. The molecule has 1 aromatic heterocycles. The van der Waals surface area contributed by atoms with Crippen molar-refractivity contribution < 1.29 is 9.72 Å². The van der Waals surface area contributed by atoms with Crippen LogP contribution in [0.15, 0.2) is 89.1 Å². The Bertz CT molecular complexity index is 1370. The lowest BCUT2D eigenvalue weighted by Crippen LogP contribution is -2.21. The Morgan fingerprint density at radius 3 is 2.40 bits per heavy atom. The van der Waals surface area contributed by atoms with Crippen LogP contribution in [0, 0.1) is 10.1 Å². The summed E-state index contributed by atoms with van der Waals surface area (Å²) in [6.45, 7) is 1.71. The predicted molar refractivity (Wildman–Crippen MR) is 136 cm³/mol. The molecule has 0 fully saturated rings. The Balaban J connectivity index is 1.48. The van der Waals surface area contributed by atoms with Gasteiger partial charge in [0.2, 0.25) is 0 Å². The zero-order valence-electron chi connectivity index (χ0n) is 18.5. The number of amides is 1. The lowest BCUT2D eigenvalue weighted by Gasteiger charge is -2.10. The molecule has 3 aromatic carbocycles. The molecule has 1 heterocycles. The summed E-state index contributed by atoms with van der Waals surface area (Å²) < 4.78 is 1.88. The quantitative estimate of drug-likeness (QED) is 0.153. The van der Waals surface area contributed by atoms with E-state index < -0.39 is 4.92 Å².